The van der Waals surface area contributed by atoms with Gasteiger partial charge in [-0.05, 0) is 63.2 Å². The van der Waals surface area contributed by atoms with E-state index in [1.165, 1.54) is 5.56 Å². The Morgan fingerprint density at radius 2 is 1.89 bits per heavy atom. The minimum Gasteiger partial charge on any atom is -0.490 e. The molecule has 6 nitrogen and oxygen atoms in total. The summed E-state index contributed by atoms with van der Waals surface area (Å²) in [5, 5.41) is 8.52. The second-order valence-electron chi connectivity index (χ2n) is 6.15. The molecule has 0 saturated carbocycles. The first-order valence-corrected chi connectivity index (χ1v) is 9.88. The highest BCUT2D eigenvalue weighted by Gasteiger charge is 2.09. The van der Waals surface area contributed by atoms with Crippen LogP contribution < -0.4 is 14.8 Å². The number of nitrogens with one attached hydrogen (secondary N) is 1. The molecule has 1 heterocycles. The van der Waals surface area contributed by atoms with Crippen LogP contribution in [0.1, 0.15) is 32.0 Å². The summed E-state index contributed by atoms with van der Waals surface area (Å²) in [5.74, 6) is 1.58. The van der Waals surface area contributed by atoms with Gasteiger partial charge >= 0.3 is 0 Å². The Morgan fingerprint density at radius 1 is 1.15 bits per heavy atom. The van der Waals surface area contributed by atoms with Gasteiger partial charge in [0.1, 0.15) is 0 Å². The Hall–Kier alpha value is -2.28. The van der Waals surface area contributed by atoms with Crippen molar-refractivity contribution in [3.05, 3.63) is 41.7 Å². The van der Waals surface area contributed by atoms with Gasteiger partial charge in [0.15, 0.2) is 16.6 Å². The summed E-state index contributed by atoms with van der Waals surface area (Å²) >= 11 is 5.48. The van der Waals surface area contributed by atoms with Gasteiger partial charge in [0.05, 0.1) is 25.5 Å². The number of aromatic nitrogens is 2. The summed E-state index contributed by atoms with van der Waals surface area (Å²) in [5.41, 5.74) is 2.19. The Labute approximate surface area is 167 Å². The molecule has 2 aromatic rings. The summed E-state index contributed by atoms with van der Waals surface area (Å²) in [4.78, 5) is 2.00. The lowest BCUT2D eigenvalue weighted by atomic mass is 10.1. The van der Waals surface area contributed by atoms with Gasteiger partial charge in [0.2, 0.25) is 0 Å². The SMILES string of the molecule is CCOc1ccc(CCNC(=S)N(C)Cc2ccn(CC)n2)cc1OCC. The molecule has 0 amide bonds. The lowest BCUT2D eigenvalue weighted by Crippen LogP contribution is -2.37. The van der Waals surface area contributed by atoms with Gasteiger partial charge < -0.3 is 19.7 Å². The number of hydrogen-bond acceptors (Lipinski definition) is 4. The van der Waals surface area contributed by atoms with Crippen LogP contribution in [-0.2, 0) is 19.5 Å². The van der Waals surface area contributed by atoms with Crippen LogP contribution in [0.25, 0.3) is 0 Å². The zero-order valence-corrected chi connectivity index (χ0v) is 17.5. The monoisotopic (exact) mass is 390 g/mol. The maximum absolute atomic E-state index is 5.69. The van der Waals surface area contributed by atoms with Crippen LogP contribution in [0.5, 0.6) is 11.5 Å². The molecular formula is C20H30N4O2S. The summed E-state index contributed by atoms with van der Waals surface area (Å²) < 4.78 is 13.2. The van der Waals surface area contributed by atoms with E-state index in [2.05, 4.69) is 23.4 Å². The maximum atomic E-state index is 5.69. The van der Waals surface area contributed by atoms with Crippen LogP contribution in [0.3, 0.4) is 0 Å². The van der Waals surface area contributed by atoms with Gasteiger partial charge in [-0.25, -0.2) is 0 Å². The molecule has 0 spiro atoms. The van der Waals surface area contributed by atoms with Crippen molar-refractivity contribution < 1.29 is 9.47 Å². The third-order valence-electron chi connectivity index (χ3n) is 4.06. The molecule has 148 valence electrons. The Bertz CT molecular complexity index is 733. The van der Waals surface area contributed by atoms with Crippen molar-refractivity contribution in [2.45, 2.75) is 40.3 Å². The topological polar surface area (TPSA) is 51.5 Å². The van der Waals surface area contributed by atoms with E-state index < -0.39 is 0 Å². The van der Waals surface area contributed by atoms with Crippen LogP contribution in [0.15, 0.2) is 30.5 Å². The minimum atomic E-state index is 0.616. The van der Waals surface area contributed by atoms with Crippen molar-refractivity contribution in [1.82, 2.24) is 20.0 Å². The van der Waals surface area contributed by atoms with E-state index in [4.69, 9.17) is 21.7 Å². The molecule has 7 heteroatoms. The number of hydrogen-bond donors (Lipinski definition) is 1. The molecule has 0 aliphatic heterocycles. The van der Waals surface area contributed by atoms with Gasteiger partial charge in [-0.2, -0.15) is 5.10 Å². The number of rotatable bonds is 10. The van der Waals surface area contributed by atoms with E-state index in [0.717, 1.165) is 41.8 Å². The second kappa shape index (κ2) is 10.8. The predicted molar refractivity (Wildman–Crippen MR) is 112 cm³/mol. The predicted octanol–water partition coefficient (Wildman–Crippen LogP) is 3.25. The molecule has 2 rings (SSSR count). The zero-order chi connectivity index (χ0) is 19.6. The first-order chi connectivity index (χ1) is 13.1. The number of thiocarbonyl (C=S) groups is 1. The Morgan fingerprint density at radius 3 is 2.56 bits per heavy atom. The number of nitrogens with zero attached hydrogens (tertiary/aromatic N) is 3. The highest BCUT2D eigenvalue weighted by Crippen LogP contribution is 2.28. The molecule has 0 radical (unpaired) electrons. The van der Waals surface area contributed by atoms with E-state index in [1.807, 2.05) is 54.9 Å². The highest BCUT2D eigenvalue weighted by atomic mass is 32.1. The minimum absolute atomic E-state index is 0.616. The Balaban J connectivity index is 1.83. The standard InChI is InChI=1S/C20H30N4O2S/c1-5-24-13-11-17(22-24)15-23(4)20(27)21-12-10-16-8-9-18(25-6-2)19(14-16)26-7-3/h8-9,11,13-14H,5-7,10,12,15H2,1-4H3,(H,21,27). The molecule has 0 saturated heterocycles. The van der Waals surface area contributed by atoms with Crippen molar-refractivity contribution in [2.75, 3.05) is 26.8 Å². The van der Waals surface area contributed by atoms with Gasteiger partial charge in [-0.1, -0.05) is 6.07 Å². The van der Waals surface area contributed by atoms with Crippen LogP contribution in [0.4, 0.5) is 0 Å². The van der Waals surface area contributed by atoms with Gasteiger partial charge in [-0.15, -0.1) is 0 Å². The summed E-state index contributed by atoms with van der Waals surface area (Å²) in [6.07, 6.45) is 2.84. The van der Waals surface area contributed by atoms with E-state index in [1.54, 1.807) is 0 Å². The molecule has 0 aliphatic carbocycles. The third-order valence-corrected chi connectivity index (χ3v) is 4.52. The van der Waals surface area contributed by atoms with E-state index in [0.29, 0.717) is 19.8 Å². The average Bonchev–Trinajstić information content (AvgIpc) is 3.11. The van der Waals surface area contributed by atoms with Crippen molar-refractivity contribution in [3.63, 3.8) is 0 Å². The average molecular weight is 391 g/mol. The molecule has 0 atom stereocenters. The van der Waals surface area contributed by atoms with Crippen molar-refractivity contribution in [3.8, 4) is 11.5 Å². The first kappa shape index (κ1) is 21.0. The molecular weight excluding hydrogens is 360 g/mol. The summed E-state index contributed by atoms with van der Waals surface area (Å²) in [6.45, 7) is 9.58. The van der Waals surface area contributed by atoms with Crippen molar-refractivity contribution >= 4 is 17.3 Å². The second-order valence-corrected chi connectivity index (χ2v) is 6.53. The van der Waals surface area contributed by atoms with Crippen LogP contribution in [0, 0.1) is 0 Å². The fourth-order valence-corrected chi connectivity index (χ4v) is 2.85. The summed E-state index contributed by atoms with van der Waals surface area (Å²) in [6, 6.07) is 8.11. The first-order valence-electron chi connectivity index (χ1n) is 9.47. The highest BCUT2D eigenvalue weighted by molar-refractivity contribution is 7.80. The molecule has 1 N–H and O–H groups in total. The molecule has 27 heavy (non-hydrogen) atoms. The van der Waals surface area contributed by atoms with Crippen LogP contribution in [0.2, 0.25) is 0 Å². The van der Waals surface area contributed by atoms with E-state index >= 15 is 0 Å². The lowest BCUT2D eigenvalue weighted by molar-refractivity contribution is 0.287. The maximum Gasteiger partial charge on any atom is 0.169 e. The zero-order valence-electron chi connectivity index (χ0n) is 16.7. The van der Waals surface area contributed by atoms with Gasteiger partial charge in [0.25, 0.3) is 0 Å². The number of ether oxygens (including phenoxy) is 2. The lowest BCUT2D eigenvalue weighted by Gasteiger charge is -2.20. The molecule has 1 aromatic carbocycles. The largest absolute Gasteiger partial charge is 0.490 e. The van der Waals surface area contributed by atoms with E-state index in [-0.39, 0.29) is 0 Å². The normalized spacial score (nSPS) is 10.5. The molecule has 0 unspecified atom stereocenters. The fraction of sp³-hybridized carbons (Fsp3) is 0.500. The number of benzene rings is 1. The van der Waals surface area contributed by atoms with Crippen molar-refractivity contribution in [2.24, 2.45) is 0 Å². The molecule has 0 bridgehead atoms. The molecule has 0 aliphatic rings. The van der Waals surface area contributed by atoms with Gasteiger partial charge in [0, 0.05) is 26.3 Å². The van der Waals surface area contributed by atoms with Crippen molar-refractivity contribution in [1.29, 1.82) is 0 Å². The van der Waals surface area contributed by atoms with E-state index in [9.17, 15) is 0 Å². The van der Waals surface area contributed by atoms with Crippen LogP contribution >= 0.6 is 12.2 Å². The molecule has 1 aromatic heterocycles. The number of aryl methyl sites for hydroxylation is 1. The fourth-order valence-electron chi connectivity index (χ4n) is 2.68. The van der Waals surface area contributed by atoms with Crippen LogP contribution in [-0.4, -0.2) is 46.6 Å². The summed E-state index contributed by atoms with van der Waals surface area (Å²) in [7, 11) is 1.98. The smallest absolute Gasteiger partial charge is 0.169 e. The third kappa shape index (κ3) is 6.43. The van der Waals surface area contributed by atoms with Gasteiger partial charge in [-0.3, -0.25) is 4.68 Å². The quantitative estimate of drug-likeness (QED) is 0.629. The Kier molecular flexibility index (Phi) is 8.39. The molecule has 0 fully saturated rings.